The maximum atomic E-state index is 12.4. The largest absolute Gasteiger partial charge is 0.505 e. The summed E-state index contributed by atoms with van der Waals surface area (Å²) in [4.78, 5) is 40.4. The number of nitriles is 1. The Morgan fingerprint density at radius 2 is 2.08 bits per heavy atom. The van der Waals surface area contributed by atoms with Crippen molar-refractivity contribution in [3.05, 3.63) is 33.7 Å². The monoisotopic (exact) mass is 358 g/mol. The molecular formula is C17H18N4O5. The van der Waals surface area contributed by atoms with Crippen LogP contribution in [0.15, 0.2) is 17.1 Å². The normalized spacial score (nSPS) is 11.0. The quantitative estimate of drug-likeness (QED) is 0.766. The zero-order valence-electron chi connectivity index (χ0n) is 14.8. The molecule has 0 unspecified atom stereocenters. The highest BCUT2D eigenvalue weighted by molar-refractivity contribution is 6.02. The summed E-state index contributed by atoms with van der Waals surface area (Å²) in [5.74, 6) is -2.23. The van der Waals surface area contributed by atoms with Gasteiger partial charge in [0, 0.05) is 13.2 Å². The van der Waals surface area contributed by atoms with Crippen molar-refractivity contribution in [2.45, 2.75) is 26.4 Å². The fourth-order valence-electron chi connectivity index (χ4n) is 2.27. The van der Waals surface area contributed by atoms with E-state index in [4.69, 9.17) is 10.00 Å². The van der Waals surface area contributed by atoms with Gasteiger partial charge in [0.05, 0.1) is 11.1 Å². The van der Waals surface area contributed by atoms with E-state index in [1.165, 1.54) is 19.3 Å². The van der Waals surface area contributed by atoms with Crippen molar-refractivity contribution in [2.24, 2.45) is 7.05 Å². The second kappa shape index (κ2) is 6.84. The van der Waals surface area contributed by atoms with Gasteiger partial charge in [-0.1, -0.05) is 0 Å². The summed E-state index contributed by atoms with van der Waals surface area (Å²) in [7, 11) is 1.39. The standard InChI is InChI=1S/C17H18N4O5/c1-17(2,3)26-11(22)8-20-15(24)12-14(23)13-10(21(4)16(12)25)5-9(6-18)7-19-13/h5,7,23H,8H2,1-4H3,(H,20,24). The molecule has 9 nitrogen and oxygen atoms in total. The summed E-state index contributed by atoms with van der Waals surface area (Å²) in [5, 5.41) is 21.5. The average Bonchev–Trinajstić information content (AvgIpc) is 2.56. The lowest BCUT2D eigenvalue weighted by molar-refractivity contribution is -0.153. The fraction of sp³-hybridized carbons (Fsp3) is 0.353. The number of amides is 1. The Morgan fingerprint density at radius 1 is 1.42 bits per heavy atom. The highest BCUT2D eigenvalue weighted by Crippen LogP contribution is 2.24. The number of carbonyl (C=O) groups excluding carboxylic acids is 2. The molecule has 136 valence electrons. The molecule has 2 rings (SSSR count). The number of rotatable bonds is 3. The number of ether oxygens (including phenoxy) is 1. The molecule has 2 aromatic rings. The van der Waals surface area contributed by atoms with Gasteiger partial charge >= 0.3 is 5.97 Å². The fourth-order valence-corrected chi connectivity index (χ4v) is 2.27. The summed E-state index contributed by atoms with van der Waals surface area (Å²) < 4.78 is 6.16. The van der Waals surface area contributed by atoms with Crippen molar-refractivity contribution in [1.82, 2.24) is 14.9 Å². The molecule has 0 spiro atoms. The van der Waals surface area contributed by atoms with Crippen LogP contribution in [0, 0.1) is 11.3 Å². The Balaban J connectivity index is 2.38. The van der Waals surface area contributed by atoms with Crippen LogP contribution >= 0.6 is 0 Å². The average molecular weight is 358 g/mol. The van der Waals surface area contributed by atoms with Crippen LogP contribution in [0.3, 0.4) is 0 Å². The third-order valence-corrected chi connectivity index (χ3v) is 3.38. The molecule has 0 aromatic carbocycles. The maximum Gasteiger partial charge on any atom is 0.325 e. The van der Waals surface area contributed by atoms with Crippen molar-refractivity contribution in [3.8, 4) is 11.8 Å². The van der Waals surface area contributed by atoms with Crippen molar-refractivity contribution >= 4 is 22.9 Å². The number of nitrogens with zero attached hydrogens (tertiary/aromatic N) is 3. The Bertz CT molecular complexity index is 995. The lowest BCUT2D eigenvalue weighted by Crippen LogP contribution is -2.37. The van der Waals surface area contributed by atoms with E-state index in [1.54, 1.807) is 20.8 Å². The van der Waals surface area contributed by atoms with Crippen LogP contribution in [0.5, 0.6) is 5.75 Å². The second-order valence-corrected chi connectivity index (χ2v) is 6.56. The van der Waals surface area contributed by atoms with E-state index in [0.29, 0.717) is 0 Å². The summed E-state index contributed by atoms with van der Waals surface area (Å²) in [6.45, 7) is 4.58. The first-order valence-corrected chi connectivity index (χ1v) is 7.67. The highest BCUT2D eigenvalue weighted by Gasteiger charge is 2.23. The number of hydrogen-bond donors (Lipinski definition) is 2. The van der Waals surface area contributed by atoms with Gasteiger partial charge in [-0.3, -0.25) is 14.4 Å². The molecule has 0 atom stereocenters. The van der Waals surface area contributed by atoms with E-state index < -0.39 is 40.9 Å². The Hall–Kier alpha value is -3.41. The minimum atomic E-state index is -0.929. The maximum absolute atomic E-state index is 12.4. The third-order valence-electron chi connectivity index (χ3n) is 3.38. The van der Waals surface area contributed by atoms with Crippen LogP contribution in [0.25, 0.3) is 11.0 Å². The molecule has 1 amide bonds. The Labute approximate surface area is 148 Å². The number of carbonyl (C=O) groups is 2. The number of aryl methyl sites for hydroxylation is 1. The molecule has 2 aromatic heterocycles. The molecule has 9 heteroatoms. The van der Waals surface area contributed by atoms with Crippen molar-refractivity contribution in [2.75, 3.05) is 6.54 Å². The molecule has 0 radical (unpaired) electrons. The number of nitrogens with one attached hydrogen (secondary N) is 1. The van der Waals surface area contributed by atoms with Crippen LogP contribution in [0.1, 0.15) is 36.7 Å². The third kappa shape index (κ3) is 3.80. The molecule has 0 bridgehead atoms. The van der Waals surface area contributed by atoms with Gasteiger partial charge in [0.2, 0.25) is 0 Å². The summed E-state index contributed by atoms with van der Waals surface area (Å²) in [5.41, 5.74) is -1.64. The predicted octanol–water partition coefficient (Wildman–Crippen LogP) is 0.582. The molecule has 0 aliphatic rings. The molecule has 0 fully saturated rings. The van der Waals surface area contributed by atoms with Crippen molar-refractivity contribution in [3.63, 3.8) is 0 Å². The molecular weight excluding hydrogens is 340 g/mol. The first-order chi connectivity index (χ1) is 12.0. The molecule has 0 aliphatic carbocycles. The topological polar surface area (TPSA) is 134 Å². The van der Waals surface area contributed by atoms with Gasteiger partial charge in [-0.25, -0.2) is 4.98 Å². The zero-order valence-corrected chi connectivity index (χ0v) is 14.8. The SMILES string of the molecule is Cn1c(=O)c(C(=O)NCC(=O)OC(C)(C)C)c(O)c2ncc(C#N)cc21. The van der Waals surface area contributed by atoms with E-state index in [0.717, 1.165) is 4.57 Å². The number of aromatic nitrogens is 2. The van der Waals surface area contributed by atoms with Gasteiger partial charge in [-0.05, 0) is 26.8 Å². The predicted molar refractivity (Wildman–Crippen MR) is 91.5 cm³/mol. The van der Waals surface area contributed by atoms with Crippen LogP contribution < -0.4 is 10.9 Å². The van der Waals surface area contributed by atoms with E-state index in [9.17, 15) is 19.5 Å². The Morgan fingerprint density at radius 3 is 2.65 bits per heavy atom. The van der Waals surface area contributed by atoms with Crippen molar-refractivity contribution < 1.29 is 19.4 Å². The van der Waals surface area contributed by atoms with E-state index in [1.807, 2.05) is 6.07 Å². The Kier molecular flexibility index (Phi) is 4.98. The van der Waals surface area contributed by atoms with Gasteiger partial charge in [0.15, 0.2) is 5.75 Å². The van der Waals surface area contributed by atoms with Gasteiger partial charge in [-0.2, -0.15) is 5.26 Å². The zero-order chi connectivity index (χ0) is 19.6. The second-order valence-electron chi connectivity index (χ2n) is 6.56. The molecule has 0 saturated heterocycles. The van der Waals surface area contributed by atoms with Crippen LogP contribution in [-0.2, 0) is 16.6 Å². The van der Waals surface area contributed by atoms with Gasteiger partial charge in [0.1, 0.15) is 29.3 Å². The number of hydrogen-bond acceptors (Lipinski definition) is 7. The molecule has 26 heavy (non-hydrogen) atoms. The van der Waals surface area contributed by atoms with E-state index in [2.05, 4.69) is 10.3 Å². The van der Waals surface area contributed by atoms with Gasteiger partial charge in [-0.15, -0.1) is 0 Å². The lowest BCUT2D eigenvalue weighted by Gasteiger charge is -2.19. The molecule has 0 aliphatic heterocycles. The van der Waals surface area contributed by atoms with Gasteiger partial charge < -0.3 is 19.7 Å². The van der Waals surface area contributed by atoms with Crippen LogP contribution in [0.4, 0.5) is 0 Å². The van der Waals surface area contributed by atoms with Crippen molar-refractivity contribution in [1.29, 1.82) is 5.26 Å². The minimum Gasteiger partial charge on any atom is -0.505 e. The van der Waals surface area contributed by atoms with E-state index in [-0.39, 0.29) is 16.6 Å². The number of pyridine rings is 2. The van der Waals surface area contributed by atoms with Crippen LogP contribution in [-0.4, -0.2) is 38.7 Å². The summed E-state index contributed by atoms with van der Waals surface area (Å²) in [6.07, 6.45) is 1.22. The number of esters is 1. The first kappa shape index (κ1) is 18.9. The molecule has 2 N–H and O–H groups in total. The first-order valence-electron chi connectivity index (χ1n) is 7.67. The lowest BCUT2D eigenvalue weighted by atomic mass is 10.1. The number of fused-ring (bicyclic) bond motifs is 1. The molecule has 0 saturated carbocycles. The summed E-state index contributed by atoms with van der Waals surface area (Å²) >= 11 is 0. The highest BCUT2D eigenvalue weighted by atomic mass is 16.6. The van der Waals surface area contributed by atoms with Gasteiger partial charge in [0.25, 0.3) is 11.5 Å². The molecule has 2 heterocycles. The van der Waals surface area contributed by atoms with E-state index >= 15 is 0 Å². The summed E-state index contributed by atoms with van der Waals surface area (Å²) in [6, 6.07) is 3.26. The number of aromatic hydroxyl groups is 1. The minimum absolute atomic E-state index is 0.00600. The smallest absolute Gasteiger partial charge is 0.325 e. The van der Waals surface area contributed by atoms with Crippen LogP contribution in [0.2, 0.25) is 0 Å².